The summed E-state index contributed by atoms with van der Waals surface area (Å²) < 4.78 is 60.6. The third-order valence-corrected chi connectivity index (χ3v) is 1.59. The van der Waals surface area contributed by atoms with Crippen molar-refractivity contribution < 1.29 is 36.6 Å². The summed E-state index contributed by atoms with van der Waals surface area (Å²) in [6.45, 7) is 3.66. The minimum Gasteiger partial charge on any atom is -0.460 e. The van der Waals surface area contributed by atoms with Gasteiger partial charge in [0.05, 0.1) is 19.8 Å². The van der Waals surface area contributed by atoms with E-state index >= 15 is 0 Å². The van der Waals surface area contributed by atoms with Crippen LogP contribution in [0.15, 0.2) is 12.2 Å². The Morgan fingerprint density at radius 1 is 1.22 bits per heavy atom. The number of carbonyl (C=O) groups excluding carboxylic acids is 1. The molecule has 18 heavy (non-hydrogen) atoms. The molecule has 0 saturated heterocycles. The number of esters is 1. The molecule has 8 heteroatoms. The molecule has 0 spiro atoms. The monoisotopic (exact) mass is 274 g/mol. The molecule has 4 nitrogen and oxygen atoms in total. The molecule has 0 aromatic rings. The van der Waals surface area contributed by atoms with Crippen molar-refractivity contribution in [2.45, 2.75) is 19.5 Å². The topological polar surface area (TPSA) is 44.8 Å². The fourth-order valence-electron chi connectivity index (χ4n) is 0.718. The molecular formula is C10H14F4O4. The molecule has 0 aliphatic carbocycles. The van der Waals surface area contributed by atoms with E-state index in [9.17, 15) is 22.4 Å². The molecule has 0 aliphatic heterocycles. The Balaban J connectivity index is 3.47. The number of hydrogen-bond donors (Lipinski definition) is 0. The predicted octanol–water partition coefficient (Wildman–Crippen LogP) is 2.00. The Bertz CT molecular complexity index is 281. The van der Waals surface area contributed by atoms with Crippen LogP contribution in [0.4, 0.5) is 17.6 Å². The maximum Gasteiger partial charge on any atom is 0.416 e. The van der Waals surface area contributed by atoms with E-state index in [1.807, 2.05) is 0 Å². The maximum atomic E-state index is 12.2. The van der Waals surface area contributed by atoms with Gasteiger partial charge in [0, 0.05) is 5.57 Å². The SMILES string of the molecule is C=C(C)C(=O)OCCOCCOC(F)(F)C(F)F. The molecule has 0 amide bonds. The van der Waals surface area contributed by atoms with Gasteiger partial charge in [-0.3, -0.25) is 0 Å². The van der Waals surface area contributed by atoms with Crippen molar-refractivity contribution in [2.75, 3.05) is 26.4 Å². The summed E-state index contributed by atoms with van der Waals surface area (Å²) >= 11 is 0. The Kier molecular flexibility index (Phi) is 7.53. The van der Waals surface area contributed by atoms with Crippen molar-refractivity contribution in [3.05, 3.63) is 12.2 Å². The molecule has 0 aromatic carbocycles. The van der Waals surface area contributed by atoms with E-state index in [1.54, 1.807) is 0 Å². The molecule has 0 aliphatic rings. The molecule has 0 aromatic heterocycles. The number of carbonyl (C=O) groups is 1. The quantitative estimate of drug-likeness (QED) is 0.279. The molecule has 0 radical (unpaired) electrons. The van der Waals surface area contributed by atoms with Gasteiger partial charge in [-0.2, -0.15) is 8.78 Å². The van der Waals surface area contributed by atoms with Crippen molar-refractivity contribution >= 4 is 5.97 Å². The highest BCUT2D eigenvalue weighted by Gasteiger charge is 2.42. The largest absolute Gasteiger partial charge is 0.460 e. The number of alkyl halides is 4. The second kappa shape index (κ2) is 8.04. The van der Waals surface area contributed by atoms with E-state index in [2.05, 4.69) is 16.1 Å². The van der Waals surface area contributed by atoms with E-state index in [0.29, 0.717) is 0 Å². The van der Waals surface area contributed by atoms with Crippen molar-refractivity contribution in [3.63, 3.8) is 0 Å². The van der Waals surface area contributed by atoms with Crippen LogP contribution in [0.3, 0.4) is 0 Å². The second-order valence-electron chi connectivity index (χ2n) is 3.24. The number of rotatable bonds is 9. The maximum absolute atomic E-state index is 12.2. The normalized spacial score (nSPS) is 11.7. The lowest BCUT2D eigenvalue weighted by Crippen LogP contribution is -2.31. The molecule has 0 rings (SSSR count). The number of ether oxygens (including phenoxy) is 3. The average Bonchev–Trinajstić information content (AvgIpc) is 2.26. The molecule has 0 atom stereocenters. The van der Waals surface area contributed by atoms with Crippen LogP contribution < -0.4 is 0 Å². The molecule has 0 fully saturated rings. The Morgan fingerprint density at radius 3 is 2.28 bits per heavy atom. The van der Waals surface area contributed by atoms with E-state index < -0.39 is 25.1 Å². The van der Waals surface area contributed by atoms with Gasteiger partial charge in [-0.05, 0) is 6.92 Å². The minimum atomic E-state index is -4.48. The van der Waals surface area contributed by atoms with Gasteiger partial charge in [0.25, 0.3) is 0 Å². The zero-order chi connectivity index (χ0) is 14.2. The average molecular weight is 274 g/mol. The highest BCUT2D eigenvalue weighted by atomic mass is 19.3. The lowest BCUT2D eigenvalue weighted by atomic mass is 10.4. The molecule has 0 saturated carbocycles. The minimum absolute atomic E-state index is 0.0529. The fraction of sp³-hybridized carbons (Fsp3) is 0.700. The Hall–Kier alpha value is -1.15. The first-order valence-electron chi connectivity index (χ1n) is 4.97. The van der Waals surface area contributed by atoms with Gasteiger partial charge >= 0.3 is 18.5 Å². The van der Waals surface area contributed by atoms with Crippen LogP contribution in [-0.2, 0) is 19.0 Å². The summed E-state index contributed by atoms with van der Waals surface area (Å²) in [5, 5.41) is 0. The van der Waals surface area contributed by atoms with Crippen LogP contribution in [-0.4, -0.2) is 44.9 Å². The summed E-state index contributed by atoms with van der Waals surface area (Å²) in [5.41, 5.74) is 0.218. The van der Waals surface area contributed by atoms with E-state index in [-0.39, 0.29) is 25.4 Å². The van der Waals surface area contributed by atoms with E-state index in [0.717, 1.165) is 0 Å². The predicted molar refractivity (Wildman–Crippen MR) is 53.5 cm³/mol. The van der Waals surface area contributed by atoms with Gasteiger partial charge < -0.3 is 14.2 Å². The van der Waals surface area contributed by atoms with Gasteiger partial charge in [-0.15, -0.1) is 0 Å². The molecule has 0 unspecified atom stereocenters. The van der Waals surface area contributed by atoms with E-state index in [1.165, 1.54) is 6.92 Å². The zero-order valence-electron chi connectivity index (χ0n) is 9.76. The van der Waals surface area contributed by atoms with Crippen molar-refractivity contribution in [3.8, 4) is 0 Å². The molecule has 0 bridgehead atoms. The molecule has 0 N–H and O–H groups in total. The summed E-state index contributed by atoms with van der Waals surface area (Å²) in [4.78, 5) is 10.9. The highest BCUT2D eigenvalue weighted by Crippen LogP contribution is 2.23. The van der Waals surface area contributed by atoms with Crippen molar-refractivity contribution in [2.24, 2.45) is 0 Å². The van der Waals surface area contributed by atoms with Crippen molar-refractivity contribution in [1.29, 1.82) is 0 Å². The first kappa shape index (κ1) is 16.9. The smallest absolute Gasteiger partial charge is 0.416 e. The first-order valence-corrected chi connectivity index (χ1v) is 4.97. The van der Waals surface area contributed by atoms with E-state index in [4.69, 9.17) is 4.74 Å². The van der Waals surface area contributed by atoms with Crippen LogP contribution in [0, 0.1) is 0 Å². The summed E-state index contributed by atoms with van der Waals surface area (Å²) in [6.07, 6.45) is -8.36. The van der Waals surface area contributed by atoms with Crippen LogP contribution in [0.2, 0.25) is 0 Å². The van der Waals surface area contributed by atoms with Crippen LogP contribution >= 0.6 is 0 Å². The standard InChI is InChI=1S/C10H14F4O4/c1-7(2)8(15)17-5-3-16-4-6-18-10(13,14)9(11)12/h9H,1,3-6H2,2H3. The number of hydrogen-bond acceptors (Lipinski definition) is 4. The van der Waals surface area contributed by atoms with Crippen LogP contribution in [0.5, 0.6) is 0 Å². The van der Waals surface area contributed by atoms with Crippen LogP contribution in [0.1, 0.15) is 6.92 Å². The number of halogens is 4. The lowest BCUT2D eigenvalue weighted by Gasteiger charge is -2.15. The lowest BCUT2D eigenvalue weighted by molar-refractivity contribution is -0.303. The Labute approximate surface area is 101 Å². The van der Waals surface area contributed by atoms with Gasteiger partial charge in [-0.25, -0.2) is 13.6 Å². The van der Waals surface area contributed by atoms with Gasteiger partial charge in [-0.1, -0.05) is 6.58 Å². The summed E-state index contributed by atoms with van der Waals surface area (Å²) in [5.74, 6) is -0.598. The highest BCUT2D eigenvalue weighted by molar-refractivity contribution is 5.86. The van der Waals surface area contributed by atoms with Gasteiger partial charge in [0.1, 0.15) is 6.61 Å². The summed E-state index contributed by atoms with van der Waals surface area (Å²) in [7, 11) is 0. The third-order valence-electron chi connectivity index (χ3n) is 1.59. The van der Waals surface area contributed by atoms with Crippen LogP contribution in [0.25, 0.3) is 0 Å². The molecular weight excluding hydrogens is 260 g/mol. The summed E-state index contributed by atoms with van der Waals surface area (Å²) in [6, 6.07) is 0. The van der Waals surface area contributed by atoms with Crippen molar-refractivity contribution in [1.82, 2.24) is 0 Å². The fourth-order valence-corrected chi connectivity index (χ4v) is 0.718. The zero-order valence-corrected chi connectivity index (χ0v) is 9.76. The first-order chi connectivity index (χ1) is 8.27. The third kappa shape index (κ3) is 7.23. The van der Waals surface area contributed by atoms with Gasteiger partial charge in [0.2, 0.25) is 0 Å². The van der Waals surface area contributed by atoms with Gasteiger partial charge in [0.15, 0.2) is 0 Å². The Morgan fingerprint density at radius 2 is 1.78 bits per heavy atom. The molecule has 106 valence electrons. The second-order valence-corrected chi connectivity index (χ2v) is 3.24. The molecule has 0 heterocycles.